The van der Waals surface area contributed by atoms with Crippen molar-refractivity contribution in [3.63, 3.8) is 0 Å². The SMILES string of the molecule is Cc1ccc(CC(C)c2c(F)ccc(CC(C)c3c(Cl)cc(Cl)cc3Cl)c2F)c(C)c1C(C)C. The molecule has 34 heavy (non-hydrogen) atoms. The molecule has 0 aromatic heterocycles. The van der Waals surface area contributed by atoms with Crippen LogP contribution in [0.3, 0.4) is 0 Å². The van der Waals surface area contributed by atoms with Gasteiger partial charge in [-0.3, -0.25) is 0 Å². The van der Waals surface area contributed by atoms with Gasteiger partial charge in [-0.15, -0.1) is 0 Å². The molecule has 0 radical (unpaired) electrons. The molecule has 0 heterocycles. The Morgan fingerprint density at radius 3 is 1.82 bits per heavy atom. The number of aryl methyl sites for hydroxylation is 1. The van der Waals surface area contributed by atoms with Gasteiger partial charge in [0, 0.05) is 20.6 Å². The van der Waals surface area contributed by atoms with E-state index in [2.05, 4.69) is 39.8 Å². The highest BCUT2D eigenvalue weighted by Gasteiger charge is 2.23. The molecular formula is C29H31Cl3F2. The lowest BCUT2D eigenvalue weighted by Gasteiger charge is -2.22. The quantitative estimate of drug-likeness (QED) is 0.289. The van der Waals surface area contributed by atoms with Gasteiger partial charge in [-0.2, -0.15) is 0 Å². The molecule has 3 aromatic rings. The second kappa shape index (κ2) is 11.0. The Labute approximate surface area is 217 Å². The molecule has 0 N–H and O–H groups in total. The second-order valence-corrected chi connectivity index (χ2v) is 10.9. The fourth-order valence-corrected chi connectivity index (χ4v) is 6.32. The van der Waals surface area contributed by atoms with Crippen LogP contribution < -0.4 is 0 Å². The fraction of sp³-hybridized carbons (Fsp3) is 0.379. The third-order valence-electron chi connectivity index (χ3n) is 6.71. The molecule has 0 amide bonds. The van der Waals surface area contributed by atoms with Crippen molar-refractivity contribution < 1.29 is 8.78 Å². The first-order valence-corrected chi connectivity index (χ1v) is 12.8. The summed E-state index contributed by atoms with van der Waals surface area (Å²) < 4.78 is 30.6. The van der Waals surface area contributed by atoms with Gasteiger partial charge in [-0.1, -0.05) is 80.7 Å². The predicted molar refractivity (Wildman–Crippen MR) is 142 cm³/mol. The maximum Gasteiger partial charge on any atom is 0.132 e. The van der Waals surface area contributed by atoms with E-state index >= 15 is 4.39 Å². The largest absolute Gasteiger partial charge is 0.207 e. The van der Waals surface area contributed by atoms with Crippen LogP contribution in [-0.4, -0.2) is 0 Å². The van der Waals surface area contributed by atoms with Gasteiger partial charge in [-0.05, 0) is 96.0 Å². The van der Waals surface area contributed by atoms with Crippen LogP contribution in [0.4, 0.5) is 8.78 Å². The first kappa shape index (κ1) is 27.0. The van der Waals surface area contributed by atoms with Gasteiger partial charge in [-0.25, -0.2) is 8.78 Å². The Balaban J connectivity index is 1.92. The van der Waals surface area contributed by atoms with Crippen molar-refractivity contribution in [2.45, 2.75) is 72.1 Å². The maximum absolute atomic E-state index is 15.7. The molecule has 0 aliphatic carbocycles. The monoisotopic (exact) mass is 522 g/mol. The highest BCUT2D eigenvalue weighted by Crippen LogP contribution is 2.38. The standard InChI is InChI=1S/C29H31Cl3F2/c1-15(2)26-16(3)7-8-20(19(26)6)11-18(5)28-25(33)10-9-21(29(28)34)12-17(4)27-23(31)13-22(30)14-24(27)32/h7-10,13-15,17-18H,11-12H2,1-6H3. The fourth-order valence-electron chi connectivity index (χ4n) is 5.13. The van der Waals surface area contributed by atoms with E-state index in [0.29, 0.717) is 45.0 Å². The van der Waals surface area contributed by atoms with Crippen LogP contribution in [0, 0.1) is 25.5 Å². The van der Waals surface area contributed by atoms with Crippen molar-refractivity contribution in [2.24, 2.45) is 0 Å². The van der Waals surface area contributed by atoms with E-state index in [1.807, 2.05) is 13.8 Å². The Kier molecular flexibility index (Phi) is 8.71. The molecule has 5 heteroatoms. The van der Waals surface area contributed by atoms with Crippen LogP contribution >= 0.6 is 34.8 Å². The lowest BCUT2D eigenvalue weighted by Crippen LogP contribution is -2.11. The van der Waals surface area contributed by atoms with Gasteiger partial charge in [0.2, 0.25) is 0 Å². The molecule has 0 nitrogen and oxygen atoms in total. The number of hydrogen-bond acceptors (Lipinski definition) is 0. The Morgan fingerprint density at radius 2 is 1.24 bits per heavy atom. The zero-order chi connectivity index (χ0) is 25.3. The van der Waals surface area contributed by atoms with Crippen molar-refractivity contribution >= 4 is 34.8 Å². The average molecular weight is 524 g/mol. The van der Waals surface area contributed by atoms with Crippen LogP contribution in [0.5, 0.6) is 0 Å². The van der Waals surface area contributed by atoms with Crippen molar-refractivity contribution in [2.75, 3.05) is 0 Å². The normalized spacial score (nSPS) is 13.4. The summed E-state index contributed by atoms with van der Waals surface area (Å²) in [5.74, 6) is -1.11. The smallest absolute Gasteiger partial charge is 0.132 e. The minimum atomic E-state index is -0.516. The number of hydrogen-bond donors (Lipinski definition) is 0. The van der Waals surface area contributed by atoms with Gasteiger partial charge < -0.3 is 0 Å². The summed E-state index contributed by atoms with van der Waals surface area (Å²) in [6, 6.07) is 10.3. The van der Waals surface area contributed by atoms with Crippen molar-refractivity contribution in [3.05, 3.63) is 102 Å². The van der Waals surface area contributed by atoms with Crippen LogP contribution in [0.2, 0.25) is 15.1 Å². The second-order valence-electron chi connectivity index (χ2n) is 9.66. The Hall–Kier alpha value is -1.61. The highest BCUT2D eigenvalue weighted by molar-refractivity contribution is 6.39. The topological polar surface area (TPSA) is 0 Å². The summed E-state index contributed by atoms with van der Waals surface area (Å²) in [6.45, 7) is 12.4. The van der Waals surface area contributed by atoms with Gasteiger partial charge in [0.15, 0.2) is 0 Å². The molecule has 0 fully saturated rings. The summed E-state index contributed by atoms with van der Waals surface area (Å²) in [7, 11) is 0. The van der Waals surface area contributed by atoms with E-state index in [1.165, 1.54) is 28.8 Å². The van der Waals surface area contributed by atoms with Gasteiger partial charge >= 0.3 is 0 Å². The first-order chi connectivity index (χ1) is 15.9. The van der Waals surface area contributed by atoms with Gasteiger partial charge in [0.1, 0.15) is 11.6 Å². The predicted octanol–water partition coefficient (Wildman–Crippen LogP) is 10.4. The molecule has 0 aliphatic rings. The summed E-state index contributed by atoms with van der Waals surface area (Å²) in [5.41, 5.74) is 6.17. The zero-order valence-corrected chi connectivity index (χ0v) is 22.8. The third-order valence-corrected chi connectivity index (χ3v) is 7.55. The molecule has 2 atom stereocenters. The van der Waals surface area contributed by atoms with Gasteiger partial charge in [0.05, 0.1) is 0 Å². The van der Waals surface area contributed by atoms with Gasteiger partial charge in [0.25, 0.3) is 0 Å². The van der Waals surface area contributed by atoms with Crippen molar-refractivity contribution in [1.82, 2.24) is 0 Å². The van der Waals surface area contributed by atoms with Crippen LogP contribution in [-0.2, 0) is 12.8 Å². The molecule has 182 valence electrons. The Morgan fingerprint density at radius 1 is 0.706 bits per heavy atom. The van der Waals surface area contributed by atoms with E-state index in [4.69, 9.17) is 34.8 Å². The number of rotatable bonds is 7. The molecule has 0 bridgehead atoms. The summed E-state index contributed by atoms with van der Waals surface area (Å²) in [6.07, 6.45) is 0.904. The van der Waals surface area contributed by atoms with Crippen LogP contribution in [0.25, 0.3) is 0 Å². The maximum atomic E-state index is 15.7. The molecule has 0 spiro atoms. The van der Waals surface area contributed by atoms with E-state index in [9.17, 15) is 4.39 Å². The summed E-state index contributed by atoms with van der Waals surface area (Å²) in [4.78, 5) is 0. The van der Waals surface area contributed by atoms with Crippen molar-refractivity contribution in [1.29, 1.82) is 0 Å². The minimum absolute atomic E-state index is 0.129. The van der Waals surface area contributed by atoms with Crippen molar-refractivity contribution in [3.8, 4) is 0 Å². The van der Waals surface area contributed by atoms with E-state index in [1.54, 1.807) is 12.1 Å². The molecule has 3 aromatic carbocycles. The zero-order valence-electron chi connectivity index (χ0n) is 20.5. The number of benzene rings is 3. The third kappa shape index (κ3) is 5.61. The van der Waals surface area contributed by atoms with E-state index in [0.717, 1.165) is 5.56 Å². The molecule has 0 aliphatic heterocycles. The Bertz CT molecular complexity index is 1180. The molecular weight excluding hydrogens is 493 g/mol. The van der Waals surface area contributed by atoms with Crippen LogP contribution in [0.15, 0.2) is 36.4 Å². The summed E-state index contributed by atoms with van der Waals surface area (Å²) >= 11 is 18.8. The molecule has 0 saturated heterocycles. The lowest BCUT2D eigenvalue weighted by molar-refractivity contribution is 0.518. The minimum Gasteiger partial charge on any atom is -0.207 e. The van der Waals surface area contributed by atoms with E-state index in [-0.39, 0.29) is 17.4 Å². The lowest BCUT2D eigenvalue weighted by atomic mass is 9.84. The molecule has 0 saturated carbocycles. The first-order valence-electron chi connectivity index (χ1n) is 11.6. The number of halogens is 5. The highest BCUT2D eigenvalue weighted by atomic mass is 35.5. The van der Waals surface area contributed by atoms with E-state index < -0.39 is 11.6 Å². The molecule has 2 unspecified atom stereocenters. The van der Waals surface area contributed by atoms with Crippen LogP contribution in [0.1, 0.15) is 84.4 Å². The average Bonchev–Trinajstić information content (AvgIpc) is 2.71. The summed E-state index contributed by atoms with van der Waals surface area (Å²) in [5, 5.41) is 1.33. The molecule has 3 rings (SSSR count).